The summed E-state index contributed by atoms with van der Waals surface area (Å²) in [6, 6.07) is 30.7. The Hall–Kier alpha value is -2.68. The molecule has 1 aliphatic rings. The lowest BCUT2D eigenvalue weighted by Gasteiger charge is -2.39. The number of nitrogens with one attached hydrogen (secondary N) is 1. The molecule has 0 spiro atoms. The number of benzene rings is 4. The predicted octanol–water partition coefficient (Wildman–Crippen LogP) is 7.56. The van der Waals surface area contributed by atoms with Gasteiger partial charge in [-0.3, -0.25) is 9.69 Å². The van der Waals surface area contributed by atoms with Gasteiger partial charge >= 0.3 is 0 Å². The van der Waals surface area contributed by atoms with E-state index in [9.17, 15) is 9.90 Å². The van der Waals surface area contributed by atoms with E-state index in [0.29, 0.717) is 13.0 Å². The van der Waals surface area contributed by atoms with Crippen LogP contribution in [0.15, 0.2) is 91.0 Å². The highest BCUT2D eigenvalue weighted by molar-refractivity contribution is 6.76. The first-order valence-corrected chi connectivity index (χ1v) is 15.4. The number of halogens is 3. The van der Waals surface area contributed by atoms with E-state index in [1.807, 2.05) is 48.5 Å². The molecule has 6 nitrogen and oxygen atoms in total. The number of likely N-dealkylation sites (N-methyl/N-ethyl adjacent to an activating group) is 1. The molecule has 0 saturated carbocycles. The van der Waals surface area contributed by atoms with Gasteiger partial charge in [0.25, 0.3) is 9.70 Å². The summed E-state index contributed by atoms with van der Waals surface area (Å²) in [6.45, 7) is 3.14. The number of amides is 1. The number of carbonyl (C=O) groups is 1. The molecule has 4 atom stereocenters. The molecule has 2 N–H and O–H groups in total. The van der Waals surface area contributed by atoms with Crippen molar-refractivity contribution in [3.05, 3.63) is 119 Å². The highest BCUT2D eigenvalue weighted by Crippen LogP contribution is 2.39. The zero-order valence-corrected chi connectivity index (χ0v) is 26.3. The summed E-state index contributed by atoms with van der Waals surface area (Å²) in [5, 5.41) is 14.6. The number of ether oxygens (including phenoxy) is 2. The maximum absolute atomic E-state index is 11.9. The SMILES string of the molecule is CC(c1ccc2ccccc2c1)N(C)CC1CC(c2ccc(CO)cc2)OC(c2ccc(CNC(=O)C(Cl)(Cl)Cl)cc2)O1. The molecule has 4 aromatic rings. The third-order valence-electron chi connectivity index (χ3n) is 7.99. The maximum Gasteiger partial charge on any atom is 0.272 e. The first kappa shape index (κ1) is 31.7. The topological polar surface area (TPSA) is 71.0 Å². The van der Waals surface area contributed by atoms with Gasteiger partial charge in [0.05, 0.1) is 18.8 Å². The zero-order valence-electron chi connectivity index (χ0n) is 24.1. The van der Waals surface area contributed by atoms with Crippen molar-refractivity contribution in [3.63, 3.8) is 0 Å². The molecule has 4 aromatic carbocycles. The molecule has 0 aliphatic carbocycles. The van der Waals surface area contributed by atoms with Gasteiger partial charge < -0.3 is 19.9 Å². The van der Waals surface area contributed by atoms with Crippen LogP contribution in [-0.2, 0) is 27.4 Å². The number of hydrogen-bond acceptors (Lipinski definition) is 5. The van der Waals surface area contributed by atoms with Crippen molar-refractivity contribution >= 4 is 51.5 Å². The van der Waals surface area contributed by atoms with E-state index in [2.05, 4.69) is 66.7 Å². The average Bonchev–Trinajstić information content (AvgIpc) is 3.02. The van der Waals surface area contributed by atoms with Crippen LogP contribution in [0.4, 0.5) is 0 Å². The van der Waals surface area contributed by atoms with E-state index in [-0.39, 0.29) is 31.4 Å². The van der Waals surface area contributed by atoms with Crippen molar-refractivity contribution in [2.45, 2.75) is 54.8 Å². The van der Waals surface area contributed by atoms with Crippen LogP contribution in [0.1, 0.15) is 59.6 Å². The van der Waals surface area contributed by atoms with E-state index in [1.54, 1.807) is 0 Å². The number of aliphatic hydroxyl groups excluding tert-OH is 1. The summed E-state index contributed by atoms with van der Waals surface area (Å²) in [6.07, 6.45) is -0.192. The quantitative estimate of drug-likeness (QED) is 0.185. The normalized spacial score (nSPS) is 19.8. The van der Waals surface area contributed by atoms with Gasteiger partial charge in [-0.1, -0.05) is 120 Å². The third-order valence-corrected chi connectivity index (χ3v) is 8.50. The maximum atomic E-state index is 11.9. The number of hydrogen-bond donors (Lipinski definition) is 2. The number of alkyl halides is 3. The number of nitrogens with zero attached hydrogens (tertiary/aromatic N) is 1. The van der Waals surface area contributed by atoms with Crippen LogP contribution in [0.3, 0.4) is 0 Å². The molecular formula is C34H35Cl3N2O4. The Morgan fingerprint density at radius 1 is 0.930 bits per heavy atom. The van der Waals surface area contributed by atoms with E-state index < -0.39 is 16.0 Å². The highest BCUT2D eigenvalue weighted by atomic mass is 35.6. The highest BCUT2D eigenvalue weighted by Gasteiger charge is 2.34. The van der Waals surface area contributed by atoms with Crippen LogP contribution in [-0.4, -0.2) is 39.4 Å². The minimum absolute atomic E-state index is 0.00785. The predicted molar refractivity (Wildman–Crippen MR) is 172 cm³/mol. The van der Waals surface area contributed by atoms with Crippen LogP contribution in [0.25, 0.3) is 10.8 Å². The second-order valence-corrected chi connectivity index (χ2v) is 13.3. The fraction of sp³-hybridized carbons (Fsp3) is 0.324. The molecule has 0 bridgehead atoms. The Morgan fingerprint density at radius 2 is 1.58 bits per heavy atom. The summed E-state index contributed by atoms with van der Waals surface area (Å²) in [7, 11) is 2.12. The third kappa shape index (κ3) is 8.08. The van der Waals surface area contributed by atoms with Crippen molar-refractivity contribution in [2.75, 3.05) is 13.6 Å². The molecule has 0 aromatic heterocycles. The zero-order chi connectivity index (χ0) is 30.6. The largest absolute Gasteiger partial charge is 0.392 e. The van der Waals surface area contributed by atoms with Gasteiger partial charge in [0.15, 0.2) is 6.29 Å². The van der Waals surface area contributed by atoms with E-state index in [4.69, 9.17) is 44.3 Å². The lowest BCUT2D eigenvalue weighted by atomic mass is 9.98. The van der Waals surface area contributed by atoms with Gasteiger partial charge in [0, 0.05) is 31.1 Å². The molecule has 43 heavy (non-hydrogen) atoms. The van der Waals surface area contributed by atoms with E-state index in [1.165, 1.54) is 16.3 Å². The fourth-order valence-electron chi connectivity index (χ4n) is 5.31. The summed E-state index contributed by atoms with van der Waals surface area (Å²) in [5.41, 5.74) is 4.84. The lowest BCUT2D eigenvalue weighted by Crippen LogP contribution is -2.38. The number of rotatable bonds is 9. The van der Waals surface area contributed by atoms with Crippen molar-refractivity contribution in [1.82, 2.24) is 10.2 Å². The average molecular weight is 642 g/mol. The molecule has 1 aliphatic heterocycles. The number of fused-ring (bicyclic) bond motifs is 1. The van der Waals surface area contributed by atoms with Crippen LogP contribution >= 0.6 is 34.8 Å². The van der Waals surface area contributed by atoms with Crippen LogP contribution in [0, 0.1) is 0 Å². The first-order valence-electron chi connectivity index (χ1n) is 14.2. The molecule has 226 valence electrons. The van der Waals surface area contributed by atoms with Crippen molar-refractivity contribution in [2.24, 2.45) is 0 Å². The molecule has 1 heterocycles. The second kappa shape index (κ2) is 14.0. The molecule has 5 rings (SSSR count). The minimum atomic E-state index is -2.01. The smallest absolute Gasteiger partial charge is 0.272 e. The van der Waals surface area contributed by atoms with Crippen molar-refractivity contribution < 1.29 is 19.4 Å². The lowest BCUT2D eigenvalue weighted by molar-refractivity contribution is -0.253. The summed E-state index contributed by atoms with van der Waals surface area (Å²) < 4.78 is 11.0. The van der Waals surface area contributed by atoms with Crippen molar-refractivity contribution in [1.29, 1.82) is 0 Å². The summed E-state index contributed by atoms with van der Waals surface area (Å²) in [5.74, 6) is -0.680. The van der Waals surface area contributed by atoms with Gasteiger partial charge in [-0.25, -0.2) is 0 Å². The Kier molecular flexibility index (Phi) is 10.3. The molecular weight excluding hydrogens is 607 g/mol. The second-order valence-electron chi connectivity index (χ2n) is 11.0. The van der Waals surface area contributed by atoms with Gasteiger partial charge in [-0.05, 0) is 53.1 Å². The Morgan fingerprint density at radius 3 is 2.26 bits per heavy atom. The number of carbonyl (C=O) groups excluding carboxylic acids is 1. The molecule has 0 radical (unpaired) electrons. The van der Waals surface area contributed by atoms with Crippen LogP contribution < -0.4 is 5.32 Å². The monoisotopic (exact) mass is 640 g/mol. The Bertz CT molecular complexity index is 1530. The minimum Gasteiger partial charge on any atom is -0.392 e. The molecule has 1 saturated heterocycles. The molecule has 1 fully saturated rings. The van der Waals surface area contributed by atoms with Crippen LogP contribution in [0.2, 0.25) is 0 Å². The molecule has 4 unspecified atom stereocenters. The van der Waals surface area contributed by atoms with Gasteiger partial charge in [-0.15, -0.1) is 0 Å². The van der Waals surface area contributed by atoms with E-state index >= 15 is 0 Å². The summed E-state index contributed by atoms with van der Waals surface area (Å²) in [4.78, 5) is 14.2. The molecule has 1 amide bonds. The van der Waals surface area contributed by atoms with Gasteiger partial charge in [0.1, 0.15) is 0 Å². The van der Waals surface area contributed by atoms with Crippen LogP contribution in [0.5, 0.6) is 0 Å². The van der Waals surface area contributed by atoms with Crippen molar-refractivity contribution in [3.8, 4) is 0 Å². The Labute approximate surface area is 267 Å². The first-order chi connectivity index (χ1) is 20.6. The van der Waals surface area contributed by atoms with E-state index in [0.717, 1.165) is 22.3 Å². The summed E-state index contributed by atoms with van der Waals surface area (Å²) >= 11 is 17.0. The van der Waals surface area contributed by atoms with Gasteiger partial charge in [-0.2, -0.15) is 0 Å². The molecule has 9 heteroatoms. The fourth-order valence-corrected chi connectivity index (χ4v) is 5.51. The van der Waals surface area contributed by atoms with Gasteiger partial charge in [0.2, 0.25) is 0 Å². The standard InChI is InChI=1S/C34H35Cl3N2O4/c1-22(28-16-15-25-5-3-4-6-29(25)17-28)39(2)20-30-18-31(26-11-9-24(21-40)10-12-26)43-32(42-30)27-13-7-23(8-14-27)19-38-33(41)34(35,36)37/h3-17,22,30-32,40H,18-21H2,1-2H3,(H,38,41). The Balaban J connectivity index is 1.32. The number of aliphatic hydroxyl groups is 1.